The summed E-state index contributed by atoms with van der Waals surface area (Å²) in [5.41, 5.74) is 1.69. The largest absolute Gasteiger partial charge is 0.274 e. The van der Waals surface area contributed by atoms with Crippen molar-refractivity contribution in [2.24, 2.45) is 7.05 Å². The number of sulfonamides is 1. The molecule has 0 N–H and O–H groups in total. The molecule has 0 aliphatic rings. The van der Waals surface area contributed by atoms with Gasteiger partial charge in [-0.3, -0.25) is 13.7 Å². The lowest BCUT2D eigenvalue weighted by Crippen LogP contribution is -2.27. The van der Waals surface area contributed by atoms with Gasteiger partial charge in [-0.15, -0.1) is 0 Å². The molecule has 2 rings (SSSR count). The highest BCUT2D eigenvalue weighted by Crippen LogP contribution is 2.26. The van der Waals surface area contributed by atoms with Crippen LogP contribution in [0, 0.1) is 13.8 Å². The second-order valence-electron chi connectivity index (χ2n) is 4.66. The summed E-state index contributed by atoms with van der Waals surface area (Å²) in [6, 6.07) is 0. The number of rotatable bonds is 4. The molecular formula is C12H19N5O2S. The first-order valence-electron chi connectivity index (χ1n) is 6.30. The quantitative estimate of drug-likeness (QED) is 0.846. The van der Waals surface area contributed by atoms with Gasteiger partial charge in [0.25, 0.3) is 10.0 Å². The van der Waals surface area contributed by atoms with Crippen LogP contribution < -0.4 is 4.31 Å². The lowest BCUT2D eigenvalue weighted by atomic mass is 10.4. The molecule has 0 aliphatic carbocycles. The molecule has 0 atom stereocenters. The average molecular weight is 297 g/mol. The molecule has 110 valence electrons. The molecule has 7 nitrogen and oxygen atoms in total. The summed E-state index contributed by atoms with van der Waals surface area (Å²) in [4.78, 5) is 0.269. The van der Waals surface area contributed by atoms with E-state index < -0.39 is 10.0 Å². The average Bonchev–Trinajstić information content (AvgIpc) is 2.92. The van der Waals surface area contributed by atoms with E-state index in [4.69, 9.17) is 0 Å². The molecular weight excluding hydrogens is 278 g/mol. The zero-order valence-electron chi connectivity index (χ0n) is 12.3. The van der Waals surface area contributed by atoms with E-state index in [0.29, 0.717) is 23.6 Å². The predicted octanol–water partition coefficient (Wildman–Crippen LogP) is 1.08. The summed E-state index contributed by atoms with van der Waals surface area (Å²) in [5, 5.41) is 8.27. The van der Waals surface area contributed by atoms with Crippen molar-refractivity contribution in [1.29, 1.82) is 0 Å². The maximum absolute atomic E-state index is 12.7. The van der Waals surface area contributed by atoms with E-state index in [1.807, 2.05) is 6.92 Å². The highest BCUT2D eigenvalue weighted by molar-refractivity contribution is 7.92. The molecule has 0 saturated carbocycles. The summed E-state index contributed by atoms with van der Waals surface area (Å²) in [6.45, 7) is 6.05. The minimum absolute atomic E-state index is 0.269. The lowest BCUT2D eigenvalue weighted by Gasteiger charge is -2.17. The Hall–Kier alpha value is -1.83. The van der Waals surface area contributed by atoms with Gasteiger partial charge in [0, 0.05) is 26.8 Å². The van der Waals surface area contributed by atoms with Crippen LogP contribution in [0.25, 0.3) is 0 Å². The first kappa shape index (κ1) is 14.6. The van der Waals surface area contributed by atoms with Crippen molar-refractivity contribution in [3.63, 3.8) is 0 Å². The summed E-state index contributed by atoms with van der Waals surface area (Å²) in [5.74, 6) is 0. The number of aryl methyl sites for hydroxylation is 3. The molecule has 0 aliphatic heterocycles. The molecule has 0 aromatic carbocycles. The van der Waals surface area contributed by atoms with Crippen LogP contribution in [0.1, 0.15) is 18.3 Å². The van der Waals surface area contributed by atoms with Crippen molar-refractivity contribution in [2.75, 3.05) is 11.4 Å². The maximum atomic E-state index is 12.7. The molecule has 0 fully saturated rings. The Labute approximate surface area is 118 Å². The highest BCUT2D eigenvalue weighted by atomic mass is 32.2. The maximum Gasteiger partial charge on any atom is 0.267 e. The summed E-state index contributed by atoms with van der Waals surface area (Å²) in [6.07, 6.45) is 3.18. The van der Waals surface area contributed by atoms with Crippen LogP contribution >= 0.6 is 0 Å². The monoisotopic (exact) mass is 297 g/mol. The van der Waals surface area contributed by atoms with Gasteiger partial charge in [0.05, 0.1) is 23.3 Å². The fraction of sp³-hybridized carbons (Fsp3) is 0.500. The van der Waals surface area contributed by atoms with Crippen LogP contribution in [0.3, 0.4) is 0 Å². The fourth-order valence-corrected chi connectivity index (χ4v) is 3.75. The van der Waals surface area contributed by atoms with Crippen molar-refractivity contribution in [1.82, 2.24) is 19.6 Å². The molecule has 0 saturated heterocycles. The molecule has 2 heterocycles. The van der Waals surface area contributed by atoms with Gasteiger partial charge in [-0.05, 0) is 20.8 Å². The van der Waals surface area contributed by atoms with Gasteiger partial charge in [0.1, 0.15) is 4.90 Å². The van der Waals surface area contributed by atoms with E-state index in [9.17, 15) is 8.42 Å². The zero-order chi connectivity index (χ0) is 15.1. The molecule has 0 unspecified atom stereocenters. The van der Waals surface area contributed by atoms with Gasteiger partial charge in [-0.25, -0.2) is 8.42 Å². The van der Waals surface area contributed by atoms with Gasteiger partial charge < -0.3 is 0 Å². The van der Waals surface area contributed by atoms with Crippen LogP contribution in [-0.4, -0.2) is 35.0 Å². The lowest BCUT2D eigenvalue weighted by molar-refractivity contribution is 0.591. The van der Waals surface area contributed by atoms with Gasteiger partial charge in [0.2, 0.25) is 0 Å². The van der Waals surface area contributed by atoms with Gasteiger partial charge in [0.15, 0.2) is 0 Å². The zero-order valence-corrected chi connectivity index (χ0v) is 13.1. The third-order valence-electron chi connectivity index (χ3n) is 3.29. The highest BCUT2D eigenvalue weighted by Gasteiger charge is 2.29. The van der Waals surface area contributed by atoms with E-state index >= 15 is 0 Å². The molecule has 20 heavy (non-hydrogen) atoms. The van der Waals surface area contributed by atoms with Crippen LogP contribution in [0.4, 0.5) is 5.69 Å². The standard InChI is InChI=1S/C12H19N5O2S/c1-6-17-10(3)12(9(2)14-17)20(18,19)16(5)11-7-13-15(4)8-11/h7-8H,6H2,1-5H3. The molecule has 0 bridgehead atoms. The molecule has 8 heteroatoms. The Bertz CT molecular complexity index is 729. The molecule has 2 aromatic rings. The Kier molecular flexibility index (Phi) is 3.59. The summed E-state index contributed by atoms with van der Waals surface area (Å²) >= 11 is 0. The topological polar surface area (TPSA) is 73.0 Å². The number of hydrogen-bond acceptors (Lipinski definition) is 4. The normalized spacial score (nSPS) is 11.8. The molecule has 2 aromatic heterocycles. The van der Waals surface area contributed by atoms with Gasteiger partial charge in [-0.2, -0.15) is 10.2 Å². The Morgan fingerprint density at radius 2 is 2.00 bits per heavy atom. The van der Waals surface area contributed by atoms with E-state index in [-0.39, 0.29) is 4.90 Å². The predicted molar refractivity (Wildman–Crippen MR) is 76.2 cm³/mol. The first-order chi connectivity index (χ1) is 9.28. The van der Waals surface area contributed by atoms with Crippen molar-refractivity contribution < 1.29 is 8.42 Å². The van der Waals surface area contributed by atoms with Crippen LogP contribution in [-0.2, 0) is 23.6 Å². The second kappa shape index (κ2) is 4.93. The Morgan fingerprint density at radius 3 is 2.45 bits per heavy atom. The third kappa shape index (κ3) is 2.20. The van der Waals surface area contributed by atoms with Crippen LogP contribution in [0.2, 0.25) is 0 Å². The minimum atomic E-state index is -3.63. The van der Waals surface area contributed by atoms with Crippen LogP contribution in [0.5, 0.6) is 0 Å². The van der Waals surface area contributed by atoms with E-state index in [2.05, 4.69) is 10.2 Å². The number of aromatic nitrogens is 4. The minimum Gasteiger partial charge on any atom is -0.274 e. The second-order valence-corrected chi connectivity index (χ2v) is 6.57. The third-order valence-corrected chi connectivity index (χ3v) is 5.33. The van der Waals surface area contributed by atoms with Crippen molar-refractivity contribution in [2.45, 2.75) is 32.2 Å². The Morgan fingerprint density at radius 1 is 1.35 bits per heavy atom. The van der Waals surface area contributed by atoms with Crippen molar-refractivity contribution in [3.05, 3.63) is 23.8 Å². The number of nitrogens with zero attached hydrogens (tertiary/aromatic N) is 5. The number of hydrogen-bond donors (Lipinski definition) is 0. The molecule has 0 spiro atoms. The van der Waals surface area contributed by atoms with Crippen molar-refractivity contribution in [3.8, 4) is 0 Å². The number of anilines is 1. The first-order valence-corrected chi connectivity index (χ1v) is 7.74. The Balaban J connectivity index is 2.53. The molecule has 0 amide bonds. The van der Waals surface area contributed by atoms with Gasteiger partial charge >= 0.3 is 0 Å². The van der Waals surface area contributed by atoms with E-state index in [1.165, 1.54) is 17.5 Å². The smallest absolute Gasteiger partial charge is 0.267 e. The van der Waals surface area contributed by atoms with Gasteiger partial charge in [-0.1, -0.05) is 0 Å². The fourth-order valence-electron chi connectivity index (χ4n) is 2.21. The summed E-state index contributed by atoms with van der Waals surface area (Å²) < 4.78 is 30.0. The summed E-state index contributed by atoms with van der Waals surface area (Å²) in [7, 11) is -0.365. The molecule has 0 radical (unpaired) electrons. The van der Waals surface area contributed by atoms with Crippen molar-refractivity contribution >= 4 is 15.7 Å². The van der Waals surface area contributed by atoms with Crippen LogP contribution in [0.15, 0.2) is 17.3 Å². The van der Waals surface area contributed by atoms with E-state index in [1.54, 1.807) is 36.5 Å². The van der Waals surface area contributed by atoms with E-state index in [0.717, 1.165) is 0 Å². The SMILES string of the molecule is CCn1nc(C)c(S(=O)(=O)N(C)c2cnn(C)c2)c1C.